The topological polar surface area (TPSA) is 38.7 Å². The Hall–Kier alpha value is -0.330. The molecule has 0 bridgehead atoms. The molecule has 1 atom stereocenters. The van der Waals surface area contributed by atoms with Crippen molar-refractivity contribution >= 4 is 0 Å². The molecule has 92 valence electrons. The molecule has 3 nitrogen and oxygen atoms in total. The maximum absolute atomic E-state index is 11.6. The molecule has 0 aromatic heterocycles. The normalized spacial score (nSPS) is 15.4. The second kappa shape index (κ2) is 5.67. The van der Waals surface area contributed by atoms with Crippen LogP contribution in [0.15, 0.2) is 0 Å². The van der Waals surface area contributed by atoms with E-state index in [1.165, 1.54) is 0 Å². The van der Waals surface area contributed by atoms with Crippen LogP contribution in [0.3, 0.4) is 0 Å². The third kappa shape index (κ3) is 11.6. The molecule has 0 aliphatic carbocycles. The largest absolute Gasteiger partial charge is 0.411 e. The van der Waals surface area contributed by atoms with Crippen LogP contribution < -0.4 is 0 Å². The van der Waals surface area contributed by atoms with Crippen LogP contribution in [0.2, 0.25) is 0 Å². The molecular weight excluding hydrogens is 213 g/mol. The first-order valence-corrected chi connectivity index (χ1v) is 4.57. The van der Waals surface area contributed by atoms with Crippen LogP contribution in [0.1, 0.15) is 20.8 Å². The van der Waals surface area contributed by atoms with Gasteiger partial charge in [0.2, 0.25) is 0 Å². The summed E-state index contributed by atoms with van der Waals surface area (Å²) in [5.74, 6) is 0. The number of hydrogen-bond donors (Lipinski definition) is 1. The van der Waals surface area contributed by atoms with E-state index in [0.29, 0.717) is 0 Å². The molecule has 0 saturated carbocycles. The molecule has 15 heavy (non-hydrogen) atoms. The molecular formula is C9H17F3O3. The standard InChI is InChI=1S/C9H17F3O3/c1-8(2,3)15-5-7(13)4-14-6-9(10,11)12/h7,13H,4-6H2,1-3H3/t7-/m0/s1. The summed E-state index contributed by atoms with van der Waals surface area (Å²) in [6.45, 7) is 3.60. The molecule has 0 unspecified atom stereocenters. The summed E-state index contributed by atoms with van der Waals surface area (Å²) < 4.78 is 44.4. The number of hydrogen-bond acceptors (Lipinski definition) is 3. The highest BCUT2D eigenvalue weighted by molar-refractivity contribution is 4.62. The van der Waals surface area contributed by atoms with Crippen LogP contribution in [0, 0.1) is 0 Å². The van der Waals surface area contributed by atoms with E-state index >= 15 is 0 Å². The lowest BCUT2D eigenvalue weighted by Gasteiger charge is -2.22. The first-order valence-electron chi connectivity index (χ1n) is 4.57. The van der Waals surface area contributed by atoms with E-state index in [-0.39, 0.29) is 13.2 Å². The number of aliphatic hydroxyl groups is 1. The van der Waals surface area contributed by atoms with Crippen LogP contribution in [-0.2, 0) is 9.47 Å². The second-order valence-electron chi connectivity index (χ2n) is 4.21. The van der Waals surface area contributed by atoms with Gasteiger partial charge in [0, 0.05) is 0 Å². The Labute approximate surface area is 87.2 Å². The molecule has 0 rings (SSSR count). The minimum Gasteiger partial charge on any atom is -0.388 e. The number of alkyl halides is 3. The van der Waals surface area contributed by atoms with Gasteiger partial charge < -0.3 is 14.6 Å². The van der Waals surface area contributed by atoms with E-state index in [0.717, 1.165) is 0 Å². The van der Waals surface area contributed by atoms with Crippen LogP contribution >= 0.6 is 0 Å². The van der Waals surface area contributed by atoms with Crippen molar-refractivity contribution in [2.45, 2.75) is 38.7 Å². The van der Waals surface area contributed by atoms with Crippen LogP contribution in [0.4, 0.5) is 13.2 Å². The molecule has 0 aromatic rings. The molecule has 0 aromatic carbocycles. The minimum atomic E-state index is -4.36. The molecule has 0 saturated heterocycles. The highest BCUT2D eigenvalue weighted by Crippen LogP contribution is 2.14. The molecule has 6 heteroatoms. The molecule has 0 aliphatic heterocycles. The summed E-state index contributed by atoms with van der Waals surface area (Å²) in [5, 5.41) is 9.19. The molecule has 0 aliphatic rings. The van der Waals surface area contributed by atoms with E-state index in [1.807, 2.05) is 0 Å². The van der Waals surface area contributed by atoms with E-state index in [9.17, 15) is 18.3 Å². The van der Waals surface area contributed by atoms with Gasteiger partial charge in [-0.25, -0.2) is 0 Å². The number of halogens is 3. The van der Waals surface area contributed by atoms with Gasteiger partial charge in [0.1, 0.15) is 12.7 Å². The summed E-state index contributed by atoms with van der Waals surface area (Å²) >= 11 is 0. The van der Waals surface area contributed by atoms with Gasteiger partial charge in [0.05, 0.1) is 18.8 Å². The summed E-state index contributed by atoms with van der Waals surface area (Å²) in [6.07, 6.45) is -5.39. The van der Waals surface area contributed by atoms with E-state index in [1.54, 1.807) is 20.8 Å². The summed E-state index contributed by atoms with van der Waals surface area (Å²) in [7, 11) is 0. The minimum absolute atomic E-state index is 0.0403. The predicted octanol–water partition coefficient (Wildman–Crippen LogP) is 1.74. The van der Waals surface area contributed by atoms with Gasteiger partial charge in [-0.05, 0) is 20.8 Å². The Kier molecular flexibility index (Phi) is 5.55. The zero-order valence-corrected chi connectivity index (χ0v) is 9.10. The number of ether oxygens (including phenoxy) is 2. The van der Waals surface area contributed by atoms with Crippen molar-refractivity contribution in [2.75, 3.05) is 19.8 Å². The monoisotopic (exact) mass is 230 g/mol. The number of aliphatic hydroxyl groups excluding tert-OH is 1. The average molecular weight is 230 g/mol. The summed E-state index contributed by atoms with van der Waals surface area (Å²) in [4.78, 5) is 0. The predicted molar refractivity (Wildman–Crippen MR) is 48.6 cm³/mol. The lowest BCUT2D eigenvalue weighted by molar-refractivity contribution is -0.182. The summed E-state index contributed by atoms with van der Waals surface area (Å²) in [5.41, 5.74) is -0.426. The highest BCUT2D eigenvalue weighted by atomic mass is 19.4. The van der Waals surface area contributed by atoms with E-state index in [2.05, 4.69) is 4.74 Å². The third-order valence-electron chi connectivity index (χ3n) is 1.28. The second-order valence-corrected chi connectivity index (χ2v) is 4.21. The maximum atomic E-state index is 11.6. The Bertz CT molecular complexity index is 174. The van der Waals surface area contributed by atoms with Gasteiger partial charge >= 0.3 is 6.18 Å². The highest BCUT2D eigenvalue weighted by Gasteiger charge is 2.27. The maximum Gasteiger partial charge on any atom is 0.411 e. The molecule has 1 N–H and O–H groups in total. The van der Waals surface area contributed by atoms with Gasteiger partial charge in [-0.1, -0.05) is 0 Å². The molecule has 0 radical (unpaired) electrons. The molecule has 0 heterocycles. The average Bonchev–Trinajstić information content (AvgIpc) is 1.97. The lowest BCUT2D eigenvalue weighted by atomic mass is 10.2. The summed E-state index contributed by atoms with van der Waals surface area (Å²) in [6, 6.07) is 0. The van der Waals surface area contributed by atoms with E-state index in [4.69, 9.17) is 4.74 Å². The van der Waals surface area contributed by atoms with Gasteiger partial charge in [0.15, 0.2) is 0 Å². The third-order valence-corrected chi connectivity index (χ3v) is 1.28. The fourth-order valence-corrected chi connectivity index (χ4v) is 0.705. The van der Waals surface area contributed by atoms with Crippen molar-refractivity contribution in [3.05, 3.63) is 0 Å². The zero-order chi connectivity index (χ0) is 12.1. The molecule has 0 amide bonds. The van der Waals surface area contributed by atoms with Crippen LogP contribution in [-0.4, -0.2) is 42.8 Å². The van der Waals surface area contributed by atoms with Crippen LogP contribution in [0.5, 0.6) is 0 Å². The molecule has 0 fully saturated rings. The number of rotatable bonds is 5. The van der Waals surface area contributed by atoms with Crippen LogP contribution in [0.25, 0.3) is 0 Å². The van der Waals surface area contributed by atoms with Crippen molar-refractivity contribution in [3.8, 4) is 0 Å². The fraction of sp³-hybridized carbons (Fsp3) is 1.00. The molecule has 0 spiro atoms. The van der Waals surface area contributed by atoms with Gasteiger partial charge in [-0.2, -0.15) is 13.2 Å². The Balaban J connectivity index is 3.54. The van der Waals surface area contributed by atoms with Crippen molar-refractivity contribution in [1.82, 2.24) is 0 Å². The van der Waals surface area contributed by atoms with E-state index < -0.39 is 24.5 Å². The van der Waals surface area contributed by atoms with Gasteiger partial charge in [0.25, 0.3) is 0 Å². The quantitative estimate of drug-likeness (QED) is 0.781. The Morgan fingerprint density at radius 3 is 2.07 bits per heavy atom. The first kappa shape index (κ1) is 14.7. The van der Waals surface area contributed by atoms with Crippen molar-refractivity contribution in [3.63, 3.8) is 0 Å². The fourth-order valence-electron chi connectivity index (χ4n) is 0.705. The Morgan fingerprint density at radius 1 is 1.13 bits per heavy atom. The first-order chi connectivity index (χ1) is 6.60. The lowest BCUT2D eigenvalue weighted by Crippen LogP contribution is -2.30. The van der Waals surface area contributed by atoms with Gasteiger partial charge in [-0.3, -0.25) is 0 Å². The van der Waals surface area contributed by atoms with Crippen molar-refractivity contribution < 1.29 is 27.8 Å². The van der Waals surface area contributed by atoms with Gasteiger partial charge in [-0.15, -0.1) is 0 Å². The Morgan fingerprint density at radius 2 is 1.67 bits per heavy atom. The van der Waals surface area contributed by atoms with Crippen molar-refractivity contribution in [1.29, 1.82) is 0 Å². The SMILES string of the molecule is CC(C)(C)OC[C@@H](O)COCC(F)(F)F. The zero-order valence-electron chi connectivity index (χ0n) is 9.10. The van der Waals surface area contributed by atoms with Crippen molar-refractivity contribution in [2.24, 2.45) is 0 Å². The smallest absolute Gasteiger partial charge is 0.388 e.